The van der Waals surface area contributed by atoms with Crippen LogP contribution in [0.2, 0.25) is 0 Å². The number of H-pyrrole nitrogens is 1. The number of rotatable bonds is 7. The molecule has 0 fully saturated rings. The zero-order valence-corrected chi connectivity index (χ0v) is 16.2. The molecule has 0 saturated heterocycles. The van der Waals surface area contributed by atoms with Crippen LogP contribution in [0.1, 0.15) is 22.8 Å². The highest BCUT2D eigenvalue weighted by Gasteiger charge is 2.23. The summed E-state index contributed by atoms with van der Waals surface area (Å²) in [6.45, 7) is 2.73. The number of aryl methyl sites for hydroxylation is 1. The van der Waals surface area contributed by atoms with E-state index in [0.29, 0.717) is 5.56 Å². The number of para-hydroxylation sites is 1. The van der Waals surface area contributed by atoms with Crippen LogP contribution in [0.5, 0.6) is 0 Å². The first-order valence-corrected chi connectivity index (χ1v) is 10.1. The van der Waals surface area contributed by atoms with Crippen molar-refractivity contribution in [1.82, 2.24) is 9.71 Å². The van der Waals surface area contributed by atoms with E-state index in [0.717, 1.165) is 16.5 Å². The van der Waals surface area contributed by atoms with Crippen molar-refractivity contribution in [3.63, 3.8) is 0 Å². The van der Waals surface area contributed by atoms with E-state index in [1.54, 1.807) is 24.4 Å². The predicted molar refractivity (Wildman–Crippen MR) is 105 cm³/mol. The van der Waals surface area contributed by atoms with Crippen LogP contribution in [-0.2, 0) is 19.6 Å². The van der Waals surface area contributed by atoms with Crippen molar-refractivity contribution in [2.45, 2.75) is 24.8 Å². The quantitative estimate of drug-likeness (QED) is 0.468. The van der Waals surface area contributed by atoms with Gasteiger partial charge in [-0.1, -0.05) is 35.9 Å². The number of sulfonamides is 1. The summed E-state index contributed by atoms with van der Waals surface area (Å²) < 4.78 is 31.7. The van der Waals surface area contributed by atoms with Crippen molar-refractivity contribution in [2.75, 3.05) is 6.54 Å². The highest BCUT2D eigenvalue weighted by Crippen LogP contribution is 2.20. The fraction of sp³-hybridized carbons (Fsp3) is 0.200. The summed E-state index contributed by atoms with van der Waals surface area (Å²) in [5.74, 6) is -1.21. The zero-order valence-electron chi connectivity index (χ0n) is 15.4. The number of hydrogen-bond donors (Lipinski definition) is 2. The summed E-state index contributed by atoms with van der Waals surface area (Å²) in [7, 11) is -3.84. The molecule has 28 heavy (non-hydrogen) atoms. The Morgan fingerprint density at radius 3 is 2.50 bits per heavy atom. The average molecular weight is 400 g/mol. The van der Waals surface area contributed by atoms with Crippen LogP contribution in [0, 0.1) is 6.92 Å². The number of fused-ring (bicyclic) bond motifs is 1. The van der Waals surface area contributed by atoms with Crippen molar-refractivity contribution in [3.05, 3.63) is 65.9 Å². The molecule has 3 aromatic rings. The Bertz CT molecular complexity index is 1120. The molecule has 8 heteroatoms. The van der Waals surface area contributed by atoms with Crippen LogP contribution in [0.25, 0.3) is 10.9 Å². The van der Waals surface area contributed by atoms with Gasteiger partial charge in [0.05, 0.1) is 4.90 Å². The van der Waals surface area contributed by atoms with Gasteiger partial charge in [-0.3, -0.25) is 9.59 Å². The van der Waals surface area contributed by atoms with E-state index in [4.69, 9.17) is 4.74 Å². The van der Waals surface area contributed by atoms with E-state index in [-0.39, 0.29) is 10.7 Å². The molecular weight excluding hydrogens is 380 g/mol. The average Bonchev–Trinajstić information content (AvgIpc) is 3.10. The van der Waals surface area contributed by atoms with Crippen molar-refractivity contribution in [1.29, 1.82) is 0 Å². The number of esters is 1. The first kappa shape index (κ1) is 19.8. The lowest BCUT2D eigenvalue weighted by Crippen LogP contribution is -2.34. The molecule has 0 aliphatic carbocycles. The van der Waals surface area contributed by atoms with Gasteiger partial charge in [0.1, 0.15) is 6.54 Å². The summed E-state index contributed by atoms with van der Waals surface area (Å²) in [5.41, 5.74) is 2.13. The molecule has 0 spiro atoms. The van der Waals surface area contributed by atoms with Crippen LogP contribution >= 0.6 is 0 Å². The number of carbonyl (C=O) groups is 2. The molecule has 0 amide bonds. The largest absolute Gasteiger partial charge is 0.453 e. The van der Waals surface area contributed by atoms with Crippen LogP contribution in [0.3, 0.4) is 0 Å². The Morgan fingerprint density at radius 1 is 1.11 bits per heavy atom. The summed E-state index contributed by atoms with van der Waals surface area (Å²) in [6, 6.07) is 13.5. The SMILES string of the molecule is Cc1ccc(S(=O)(=O)NCC(=O)O[C@@H](C)C(=O)c2c[nH]c3ccccc23)cc1. The van der Waals surface area contributed by atoms with E-state index < -0.39 is 28.6 Å². The molecule has 1 atom stereocenters. The first-order valence-electron chi connectivity index (χ1n) is 8.64. The van der Waals surface area contributed by atoms with Gasteiger partial charge >= 0.3 is 5.97 Å². The van der Waals surface area contributed by atoms with E-state index in [2.05, 4.69) is 9.71 Å². The van der Waals surface area contributed by atoms with Crippen molar-refractivity contribution in [2.24, 2.45) is 0 Å². The van der Waals surface area contributed by atoms with Gasteiger partial charge in [0.15, 0.2) is 6.10 Å². The molecule has 1 heterocycles. The second-order valence-corrected chi connectivity index (χ2v) is 8.15. The topological polar surface area (TPSA) is 105 Å². The predicted octanol–water partition coefficient (Wildman–Crippen LogP) is 2.57. The number of Topliss-reactive ketones (excluding diaryl/α,β-unsaturated/α-hetero) is 1. The molecular formula is C20H20N2O5S. The van der Waals surface area contributed by atoms with Crippen LogP contribution in [-0.4, -0.2) is 37.8 Å². The molecule has 0 radical (unpaired) electrons. The van der Waals surface area contributed by atoms with E-state index in [1.165, 1.54) is 19.1 Å². The van der Waals surface area contributed by atoms with Gasteiger partial charge in [-0.25, -0.2) is 8.42 Å². The van der Waals surface area contributed by atoms with Gasteiger partial charge < -0.3 is 9.72 Å². The molecule has 0 bridgehead atoms. The van der Waals surface area contributed by atoms with E-state index >= 15 is 0 Å². The normalized spacial score (nSPS) is 12.6. The number of aromatic amines is 1. The Morgan fingerprint density at radius 2 is 1.79 bits per heavy atom. The second kappa shape index (κ2) is 7.95. The highest BCUT2D eigenvalue weighted by molar-refractivity contribution is 7.89. The van der Waals surface area contributed by atoms with Gasteiger partial charge in [-0.2, -0.15) is 4.72 Å². The fourth-order valence-electron chi connectivity index (χ4n) is 2.74. The minimum absolute atomic E-state index is 0.0498. The number of carbonyl (C=O) groups excluding carboxylic acids is 2. The molecule has 1 aromatic heterocycles. The molecule has 0 unspecified atom stereocenters. The third-order valence-electron chi connectivity index (χ3n) is 4.27. The second-order valence-electron chi connectivity index (χ2n) is 6.38. The summed E-state index contributed by atoms with van der Waals surface area (Å²) in [5, 5.41) is 0.732. The number of nitrogens with one attached hydrogen (secondary N) is 2. The molecule has 0 aliphatic rings. The molecule has 0 saturated carbocycles. The molecule has 146 valence electrons. The Kier molecular flexibility index (Phi) is 5.62. The smallest absolute Gasteiger partial charge is 0.321 e. The molecule has 3 rings (SSSR count). The summed E-state index contributed by atoms with van der Waals surface area (Å²) in [6.07, 6.45) is 0.521. The van der Waals surface area contributed by atoms with Crippen molar-refractivity contribution >= 4 is 32.7 Å². The fourth-order valence-corrected chi connectivity index (χ4v) is 3.71. The third kappa shape index (κ3) is 4.29. The van der Waals surface area contributed by atoms with Crippen molar-refractivity contribution in [3.8, 4) is 0 Å². The maximum absolute atomic E-state index is 12.6. The van der Waals surface area contributed by atoms with Gasteiger partial charge in [0.2, 0.25) is 15.8 Å². The first-order chi connectivity index (χ1) is 13.3. The molecule has 2 aromatic carbocycles. The zero-order chi connectivity index (χ0) is 20.3. The minimum Gasteiger partial charge on any atom is -0.453 e. The van der Waals surface area contributed by atoms with Crippen LogP contribution < -0.4 is 4.72 Å². The molecule has 7 nitrogen and oxygen atoms in total. The Hall–Kier alpha value is -2.97. The van der Waals surface area contributed by atoms with Crippen LogP contribution in [0.4, 0.5) is 0 Å². The third-order valence-corrected chi connectivity index (χ3v) is 5.69. The monoisotopic (exact) mass is 400 g/mol. The number of ether oxygens (including phenoxy) is 1. The number of ketones is 1. The van der Waals surface area contributed by atoms with Gasteiger partial charge in [0, 0.05) is 22.7 Å². The number of aromatic nitrogens is 1. The van der Waals surface area contributed by atoms with Gasteiger partial charge in [-0.15, -0.1) is 0 Å². The molecule has 0 aliphatic heterocycles. The highest BCUT2D eigenvalue weighted by atomic mass is 32.2. The lowest BCUT2D eigenvalue weighted by molar-refractivity contribution is -0.144. The van der Waals surface area contributed by atoms with Crippen LogP contribution in [0.15, 0.2) is 59.6 Å². The maximum Gasteiger partial charge on any atom is 0.321 e. The van der Waals surface area contributed by atoms with E-state index in [1.807, 2.05) is 25.1 Å². The number of hydrogen-bond acceptors (Lipinski definition) is 5. The lowest BCUT2D eigenvalue weighted by Gasteiger charge is -2.12. The number of benzene rings is 2. The summed E-state index contributed by atoms with van der Waals surface area (Å²) >= 11 is 0. The Labute approximate surface area is 162 Å². The van der Waals surface area contributed by atoms with Gasteiger partial charge in [-0.05, 0) is 32.0 Å². The maximum atomic E-state index is 12.6. The minimum atomic E-state index is -3.84. The standard InChI is InChI=1S/C20H20N2O5S/c1-13-7-9-15(10-8-13)28(25,26)22-12-19(23)27-14(2)20(24)17-11-21-18-6-4-3-5-16(17)18/h3-11,14,21-22H,12H2,1-2H3/t14-/m0/s1. The molecule has 2 N–H and O–H groups in total. The Balaban J connectivity index is 1.61. The van der Waals surface area contributed by atoms with Crippen molar-refractivity contribution < 1.29 is 22.7 Å². The van der Waals surface area contributed by atoms with E-state index in [9.17, 15) is 18.0 Å². The summed E-state index contributed by atoms with van der Waals surface area (Å²) in [4.78, 5) is 27.6. The lowest BCUT2D eigenvalue weighted by atomic mass is 10.1. The van der Waals surface area contributed by atoms with Gasteiger partial charge in [0.25, 0.3) is 0 Å².